The molecule has 3 nitrogen and oxygen atoms in total. The summed E-state index contributed by atoms with van der Waals surface area (Å²) in [5, 5.41) is 9.21. The second kappa shape index (κ2) is 3.78. The van der Waals surface area contributed by atoms with Crippen LogP contribution in [-0.2, 0) is 10.6 Å². The highest BCUT2D eigenvalue weighted by atomic mass is 35.5. The van der Waals surface area contributed by atoms with Gasteiger partial charge in [0.1, 0.15) is 5.75 Å². The number of halogens is 1. The van der Waals surface area contributed by atoms with Gasteiger partial charge in [-0.05, 0) is 6.07 Å². The van der Waals surface area contributed by atoms with E-state index in [1.165, 1.54) is 13.2 Å². The van der Waals surface area contributed by atoms with E-state index in [-0.39, 0.29) is 16.5 Å². The van der Waals surface area contributed by atoms with Gasteiger partial charge >= 0.3 is 5.97 Å². The molecule has 0 amide bonds. The fourth-order valence-electron chi connectivity index (χ4n) is 0.736. The van der Waals surface area contributed by atoms with Crippen LogP contribution < -0.4 is 0 Å². The Balaban J connectivity index is 2.99. The van der Waals surface area contributed by atoms with E-state index < -0.39 is 5.97 Å². The van der Waals surface area contributed by atoms with Crippen LogP contribution in [0.2, 0.25) is 0 Å². The van der Waals surface area contributed by atoms with Gasteiger partial charge in [0, 0.05) is 4.88 Å². The van der Waals surface area contributed by atoms with Crippen LogP contribution >= 0.6 is 22.9 Å². The average Bonchev–Trinajstić information content (AvgIpc) is 2.45. The Morgan fingerprint density at radius 3 is 2.92 bits per heavy atom. The lowest BCUT2D eigenvalue weighted by Gasteiger charge is -1.93. The van der Waals surface area contributed by atoms with E-state index >= 15 is 0 Å². The fourth-order valence-corrected chi connectivity index (χ4v) is 1.79. The molecule has 0 aliphatic heterocycles. The first-order chi connectivity index (χ1) is 5.69. The molecule has 0 aliphatic carbocycles. The van der Waals surface area contributed by atoms with Crippen LogP contribution in [0.3, 0.4) is 0 Å². The van der Waals surface area contributed by atoms with Crippen molar-refractivity contribution in [1.29, 1.82) is 0 Å². The lowest BCUT2D eigenvalue weighted by molar-refractivity contribution is 0.0603. The van der Waals surface area contributed by atoms with Crippen LogP contribution in [0.1, 0.15) is 14.5 Å². The molecule has 1 rings (SSSR count). The highest BCUT2D eigenvalue weighted by Crippen LogP contribution is 2.29. The van der Waals surface area contributed by atoms with Crippen molar-refractivity contribution in [1.82, 2.24) is 0 Å². The van der Waals surface area contributed by atoms with Crippen LogP contribution in [-0.4, -0.2) is 18.2 Å². The molecule has 0 radical (unpaired) electrons. The van der Waals surface area contributed by atoms with Gasteiger partial charge in [-0.3, -0.25) is 0 Å². The van der Waals surface area contributed by atoms with Gasteiger partial charge in [-0.15, -0.1) is 22.9 Å². The first-order valence-electron chi connectivity index (χ1n) is 3.15. The Morgan fingerprint density at radius 2 is 2.50 bits per heavy atom. The molecule has 0 aliphatic rings. The first-order valence-corrected chi connectivity index (χ1v) is 4.50. The largest absolute Gasteiger partial charge is 0.506 e. The molecule has 66 valence electrons. The zero-order valence-corrected chi connectivity index (χ0v) is 7.91. The van der Waals surface area contributed by atoms with Crippen molar-refractivity contribution in [2.24, 2.45) is 0 Å². The molecule has 0 unspecified atom stereocenters. The van der Waals surface area contributed by atoms with Crippen molar-refractivity contribution in [3.8, 4) is 5.75 Å². The molecule has 12 heavy (non-hydrogen) atoms. The smallest absolute Gasteiger partial charge is 0.351 e. The zero-order valence-electron chi connectivity index (χ0n) is 6.33. The van der Waals surface area contributed by atoms with Crippen molar-refractivity contribution in [3.05, 3.63) is 15.8 Å². The lowest BCUT2D eigenvalue weighted by atomic mass is 10.4. The summed E-state index contributed by atoms with van der Waals surface area (Å²) in [6, 6.07) is 1.46. The van der Waals surface area contributed by atoms with E-state index in [4.69, 9.17) is 11.6 Å². The van der Waals surface area contributed by atoms with Crippen molar-refractivity contribution < 1.29 is 14.6 Å². The molecule has 1 aromatic rings. The molecule has 0 spiro atoms. The Hall–Kier alpha value is -0.740. The molecule has 0 atom stereocenters. The van der Waals surface area contributed by atoms with Crippen molar-refractivity contribution >= 4 is 28.9 Å². The summed E-state index contributed by atoms with van der Waals surface area (Å²) in [7, 11) is 1.27. The molecule has 0 saturated heterocycles. The van der Waals surface area contributed by atoms with E-state index in [1.54, 1.807) is 0 Å². The molecule has 1 aromatic heterocycles. The summed E-state index contributed by atoms with van der Waals surface area (Å²) in [4.78, 5) is 11.9. The number of esters is 1. The number of ether oxygens (including phenoxy) is 1. The summed E-state index contributed by atoms with van der Waals surface area (Å²) >= 11 is 6.64. The van der Waals surface area contributed by atoms with Crippen LogP contribution in [0.15, 0.2) is 6.07 Å². The van der Waals surface area contributed by atoms with Gasteiger partial charge in [-0.1, -0.05) is 0 Å². The number of hydrogen-bond donors (Lipinski definition) is 1. The SMILES string of the molecule is COC(=O)c1sc(CCl)cc1O. The summed E-state index contributed by atoms with van der Waals surface area (Å²) < 4.78 is 4.44. The molecule has 0 bridgehead atoms. The molecule has 0 aromatic carbocycles. The summed E-state index contributed by atoms with van der Waals surface area (Å²) in [6.07, 6.45) is 0. The molecule has 0 saturated carbocycles. The highest BCUT2D eigenvalue weighted by Gasteiger charge is 2.15. The Labute approximate surface area is 78.5 Å². The van der Waals surface area contributed by atoms with Gasteiger partial charge in [0.15, 0.2) is 4.88 Å². The third-order valence-electron chi connectivity index (χ3n) is 1.27. The second-order valence-electron chi connectivity index (χ2n) is 2.05. The number of thiophene rings is 1. The number of carbonyl (C=O) groups excluding carboxylic acids is 1. The summed E-state index contributed by atoms with van der Waals surface area (Å²) in [5.74, 6) is -0.314. The van der Waals surface area contributed by atoms with E-state index in [2.05, 4.69) is 4.74 Å². The minimum atomic E-state index is -0.533. The monoisotopic (exact) mass is 206 g/mol. The van der Waals surface area contributed by atoms with Crippen LogP contribution in [0.5, 0.6) is 5.75 Å². The van der Waals surface area contributed by atoms with Crippen LogP contribution in [0, 0.1) is 0 Å². The first kappa shape index (κ1) is 9.35. The third kappa shape index (κ3) is 1.70. The summed E-state index contributed by atoms with van der Waals surface area (Å²) in [5.41, 5.74) is 0. The maximum atomic E-state index is 10.9. The predicted molar refractivity (Wildman–Crippen MR) is 46.9 cm³/mol. The Morgan fingerprint density at radius 1 is 1.83 bits per heavy atom. The minimum Gasteiger partial charge on any atom is -0.506 e. The maximum Gasteiger partial charge on any atom is 0.351 e. The van der Waals surface area contributed by atoms with Gasteiger partial charge in [0.05, 0.1) is 13.0 Å². The standard InChI is InChI=1S/C7H7ClO3S/c1-11-7(10)6-5(9)2-4(3-8)12-6/h2,9H,3H2,1H3. The van der Waals surface area contributed by atoms with Crippen molar-refractivity contribution in [2.45, 2.75) is 5.88 Å². The maximum absolute atomic E-state index is 10.9. The van der Waals surface area contributed by atoms with Crippen LogP contribution in [0.25, 0.3) is 0 Å². The van der Waals surface area contributed by atoms with Gasteiger partial charge < -0.3 is 9.84 Å². The van der Waals surface area contributed by atoms with E-state index in [0.29, 0.717) is 0 Å². The topological polar surface area (TPSA) is 46.5 Å². The molecular formula is C7H7ClO3S. The highest BCUT2D eigenvalue weighted by molar-refractivity contribution is 7.14. The Bertz CT molecular complexity index is 295. The predicted octanol–water partition coefficient (Wildman–Crippen LogP) is 1.98. The molecule has 5 heteroatoms. The van der Waals surface area contributed by atoms with Gasteiger partial charge in [-0.25, -0.2) is 4.79 Å². The number of aromatic hydroxyl groups is 1. The van der Waals surface area contributed by atoms with E-state index in [1.807, 2.05) is 0 Å². The van der Waals surface area contributed by atoms with Gasteiger partial charge in [0.25, 0.3) is 0 Å². The number of rotatable bonds is 2. The summed E-state index contributed by atoms with van der Waals surface area (Å²) in [6.45, 7) is 0. The number of hydrogen-bond acceptors (Lipinski definition) is 4. The fraction of sp³-hybridized carbons (Fsp3) is 0.286. The lowest BCUT2D eigenvalue weighted by Crippen LogP contribution is -1.97. The number of alkyl halides is 1. The Kier molecular flexibility index (Phi) is 2.94. The number of carbonyl (C=O) groups is 1. The molecule has 1 heterocycles. The molecule has 0 fully saturated rings. The third-order valence-corrected chi connectivity index (χ3v) is 2.82. The quantitative estimate of drug-likeness (QED) is 0.595. The molecule has 1 N–H and O–H groups in total. The normalized spacial score (nSPS) is 9.83. The van der Waals surface area contributed by atoms with E-state index in [9.17, 15) is 9.90 Å². The second-order valence-corrected chi connectivity index (χ2v) is 3.46. The van der Waals surface area contributed by atoms with E-state index in [0.717, 1.165) is 16.2 Å². The van der Waals surface area contributed by atoms with Crippen molar-refractivity contribution in [3.63, 3.8) is 0 Å². The molecular weight excluding hydrogens is 200 g/mol. The zero-order chi connectivity index (χ0) is 9.14. The van der Waals surface area contributed by atoms with Gasteiger partial charge in [-0.2, -0.15) is 0 Å². The van der Waals surface area contributed by atoms with Crippen molar-refractivity contribution in [2.75, 3.05) is 7.11 Å². The number of methoxy groups -OCH3 is 1. The average molecular weight is 207 g/mol. The minimum absolute atomic E-state index is 0.0671. The van der Waals surface area contributed by atoms with Gasteiger partial charge in [0.2, 0.25) is 0 Å². The van der Waals surface area contributed by atoms with Crippen LogP contribution in [0.4, 0.5) is 0 Å².